The van der Waals surface area contributed by atoms with Gasteiger partial charge in [0.15, 0.2) is 0 Å². The average Bonchev–Trinajstić information content (AvgIpc) is 2.47. The molecule has 0 aromatic heterocycles. The molecular weight excluding hydrogens is 172 g/mol. The van der Waals surface area contributed by atoms with Crippen LogP contribution in [-0.4, -0.2) is 37.1 Å². The molecule has 2 rings (SSSR count). The van der Waals surface area contributed by atoms with Gasteiger partial charge in [0.05, 0.1) is 0 Å². The van der Waals surface area contributed by atoms with Gasteiger partial charge in [-0.25, -0.2) is 0 Å². The topological polar surface area (TPSA) is 15.3 Å². The maximum Gasteiger partial charge on any atom is 0.0195 e. The van der Waals surface area contributed by atoms with E-state index < -0.39 is 0 Å². The van der Waals surface area contributed by atoms with Gasteiger partial charge in [-0.15, -0.1) is 0 Å². The Kier molecular flexibility index (Phi) is 3.45. The first-order valence-electron chi connectivity index (χ1n) is 6.21. The summed E-state index contributed by atoms with van der Waals surface area (Å²) in [5.41, 5.74) is 0. The van der Waals surface area contributed by atoms with E-state index in [1.165, 1.54) is 45.4 Å². The summed E-state index contributed by atoms with van der Waals surface area (Å²) in [4.78, 5) is 2.65. The fourth-order valence-corrected chi connectivity index (χ4v) is 2.79. The Bertz CT molecular complexity index is 165. The Morgan fingerprint density at radius 3 is 2.43 bits per heavy atom. The summed E-state index contributed by atoms with van der Waals surface area (Å²) >= 11 is 0. The van der Waals surface area contributed by atoms with Crippen molar-refractivity contribution in [2.75, 3.05) is 26.2 Å². The van der Waals surface area contributed by atoms with E-state index in [0.717, 1.165) is 17.9 Å². The number of hydrogen-bond acceptors (Lipinski definition) is 2. The molecular formula is C12H24N2. The van der Waals surface area contributed by atoms with Crippen LogP contribution >= 0.6 is 0 Å². The SMILES string of the molecule is CC1CN(C[C@@H]2CCCCN2)CC1C. The van der Waals surface area contributed by atoms with Crippen LogP contribution in [0.3, 0.4) is 0 Å². The van der Waals surface area contributed by atoms with Crippen LogP contribution in [0.5, 0.6) is 0 Å². The van der Waals surface area contributed by atoms with Crippen molar-refractivity contribution in [2.45, 2.75) is 39.2 Å². The van der Waals surface area contributed by atoms with Gasteiger partial charge in [-0.1, -0.05) is 20.3 Å². The van der Waals surface area contributed by atoms with Crippen LogP contribution in [0.4, 0.5) is 0 Å². The van der Waals surface area contributed by atoms with E-state index in [2.05, 4.69) is 24.1 Å². The summed E-state index contributed by atoms with van der Waals surface area (Å²) in [6.45, 7) is 9.94. The third-order valence-corrected chi connectivity index (χ3v) is 3.95. The lowest BCUT2D eigenvalue weighted by Crippen LogP contribution is -2.43. The number of rotatable bonds is 2. The molecule has 2 heteroatoms. The molecule has 3 atom stereocenters. The number of nitrogens with one attached hydrogen (secondary N) is 1. The molecule has 14 heavy (non-hydrogen) atoms. The summed E-state index contributed by atoms with van der Waals surface area (Å²) in [6, 6.07) is 0.779. The third-order valence-electron chi connectivity index (χ3n) is 3.95. The fourth-order valence-electron chi connectivity index (χ4n) is 2.79. The van der Waals surface area contributed by atoms with Gasteiger partial charge in [0.1, 0.15) is 0 Å². The van der Waals surface area contributed by atoms with E-state index >= 15 is 0 Å². The summed E-state index contributed by atoms with van der Waals surface area (Å²) < 4.78 is 0. The lowest BCUT2D eigenvalue weighted by molar-refractivity contribution is 0.255. The summed E-state index contributed by atoms with van der Waals surface area (Å²) in [5.74, 6) is 1.80. The highest BCUT2D eigenvalue weighted by Crippen LogP contribution is 2.22. The second-order valence-corrected chi connectivity index (χ2v) is 5.32. The van der Waals surface area contributed by atoms with Gasteiger partial charge in [0.25, 0.3) is 0 Å². The zero-order valence-electron chi connectivity index (χ0n) is 9.63. The lowest BCUT2D eigenvalue weighted by atomic mass is 10.0. The molecule has 0 aromatic carbocycles. The molecule has 1 N–H and O–H groups in total. The van der Waals surface area contributed by atoms with Gasteiger partial charge in [0, 0.05) is 25.7 Å². The van der Waals surface area contributed by atoms with Crippen LogP contribution in [0, 0.1) is 11.8 Å². The molecule has 0 amide bonds. The van der Waals surface area contributed by atoms with Crippen molar-refractivity contribution in [3.8, 4) is 0 Å². The van der Waals surface area contributed by atoms with E-state index in [1.54, 1.807) is 0 Å². The van der Waals surface area contributed by atoms with E-state index in [9.17, 15) is 0 Å². The van der Waals surface area contributed by atoms with Crippen LogP contribution in [0.15, 0.2) is 0 Å². The minimum absolute atomic E-state index is 0.779. The summed E-state index contributed by atoms with van der Waals surface area (Å²) in [7, 11) is 0. The van der Waals surface area contributed by atoms with Crippen LogP contribution < -0.4 is 5.32 Å². The van der Waals surface area contributed by atoms with Crippen molar-refractivity contribution in [1.82, 2.24) is 10.2 Å². The predicted molar refractivity (Wildman–Crippen MR) is 60.4 cm³/mol. The molecule has 2 aliphatic rings. The molecule has 82 valence electrons. The maximum atomic E-state index is 3.63. The minimum atomic E-state index is 0.779. The maximum absolute atomic E-state index is 3.63. The average molecular weight is 196 g/mol. The van der Waals surface area contributed by atoms with E-state index in [4.69, 9.17) is 0 Å². The first-order valence-corrected chi connectivity index (χ1v) is 6.21. The highest BCUT2D eigenvalue weighted by atomic mass is 15.2. The van der Waals surface area contributed by atoms with Crippen LogP contribution in [0.2, 0.25) is 0 Å². The number of hydrogen-bond donors (Lipinski definition) is 1. The largest absolute Gasteiger partial charge is 0.313 e. The van der Waals surface area contributed by atoms with Gasteiger partial charge in [-0.3, -0.25) is 0 Å². The number of piperidine rings is 1. The van der Waals surface area contributed by atoms with Crippen molar-refractivity contribution >= 4 is 0 Å². The highest BCUT2D eigenvalue weighted by Gasteiger charge is 2.27. The van der Waals surface area contributed by atoms with Crippen molar-refractivity contribution in [2.24, 2.45) is 11.8 Å². The highest BCUT2D eigenvalue weighted by molar-refractivity contribution is 4.83. The molecule has 2 unspecified atom stereocenters. The monoisotopic (exact) mass is 196 g/mol. The Morgan fingerprint density at radius 1 is 1.14 bits per heavy atom. The number of likely N-dealkylation sites (tertiary alicyclic amines) is 1. The van der Waals surface area contributed by atoms with E-state index in [-0.39, 0.29) is 0 Å². The molecule has 2 fully saturated rings. The van der Waals surface area contributed by atoms with Gasteiger partial charge in [0.2, 0.25) is 0 Å². The van der Waals surface area contributed by atoms with Crippen molar-refractivity contribution in [3.05, 3.63) is 0 Å². The molecule has 0 bridgehead atoms. The second-order valence-electron chi connectivity index (χ2n) is 5.32. The van der Waals surface area contributed by atoms with Gasteiger partial charge in [-0.2, -0.15) is 0 Å². The van der Waals surface area contributed by atoms with Gasteiger partial charge < -0.3 is 10.2 Å². The molecule has 0 aliphatic carbocycles. The van der Waals surface area contributed by atoms with Gasteiger partial charge in [-0.05, 0) is 31.2 Å². The van der Waals surface area contributed by atoms with Crippen LogP contribution in [0.1, 0.15) is 33.1 Å². The summed E-state index contributed by atoms with van der Waals surface area (Å²) in [6.07, 6.45) is 4.19. The summed E-state index contributed by atoms with van der Waals surface area (Å²) in [5, 5.41) is 3.63. The van der Waals surface area contributed by atoms with E-state index in [1.807, 2.05) is 0 Å². The normalized spacial score (nSPS) is 40.3. The fraction of sp³-hybridized carbons (Fsp3) is 1.00. The molecule has 0 radical (unpaired) electrons. The number of nitrogens with zero attached hydrogens (tertiary/aromatic N) is 1. The zero-order valence-corrected chi connectivity index (χ0v) is 9.63. The van der Waals surface area contributed by atoms with Crippen molar-refractivity contribution < 1.29 is 0 Å². The van der Waals surface area contributed by atoms with Gasteiger partial charge >= 0.3 is 0 Å². The first kappa shape index (κ1) is 10.4. The minimum Gasteiger partial charge on any atom is -0.313 e. The lowest BCUT2D eigenvalue weighted by Gasteiger charge is -2.28. The smallest absolute Gasteiger partial charge is 0.0195 e. The zero-order chi connectivity index (χ0) is 9.97. The predicted octanol–water partition coefficient (Wildman–Crippen LogP) is 1.72. The molecule has 2 saturated heterocycles. The molecule has 0 aromatic rings. The molecule has 2 aliphatic heterocycles. The van der Waals surface area contributed by atoms with Crippen LogP contribution in [0.25, 0.3) is 0 Å². The standard InChI is InChI=1S/C12H24N2/c1-10-7-14(8-11(10)2)9-12-5-3-4-6-13-12/h10-13H,3-9H2,1-2H3/t10?,11?,12-/m0/s1. The Labute approximate surface area is 88.1 Å². The molecule has 0 saturated carbocycles. The molecule has 2 nitrogen and oxygen atoms in total. The first-order chi connectivity index (χ1) is 6.75. The Morgan fingerprint density at radius 2 is 1.86 bits per heavy atom. The third kappa shape index (κ3) is 2.48. The van der Waals surface area contributed by atoms with E-state index in [0.29, 0.717) is 0 Å². The van der Waals surface area contributed by atoms with Crippen molar-refractivity contribution in [3.63, 3.8) is 0 Å². The molecule has 2 heterocycles. The van der Waals surface area contributed by atoms with Crippen LogP contribution in [-0.2, 0) is 0 Å². The molecule has 0 spiro atoms. The quantitative estimate of drug-likeness (QED) is 0.723. The second kappa shape index (κ2) is 4.63. The Balaban J connectivity index is 1.74. The van der Waals surface area contributed by atoms with Crippen molar-refractivity contribution in [1.29, 1.82) is 0 Å². The Hall–Kier alpha value is -0.0800.